The van der Waals surface area contributed by atoms with Crippen molar-refractivity contribution in [1.82, 2.24) is 14.8 Å². The van der Waals surface area contributed by atoms with Crippen molar-refractivity contribution in [1.29, 1.82) is 0 Å². The van der Waals surface area contributed by atoms with E-state index in [1.165, 1.54) is 49.7 Å². The molecule has 0 atom stereocenters. The number of para-hydroxylation sites is 1. The average Bonchev–Trinajstić information content (AvgIpc) is 2.77. The van der Waals surface area contributed by atoms with E-state index in [2.05, 4.69) is 35.3 Å². The van der Waals surface area contributed by atoms with Crippen LogP contribution in [-0.2, 0) is 17.9 Å². The summed E-state index contributed by atoms with van der Waals surface area (Å²) in [4.78, 5) is 14.0. The molecule has 5 nitrogen and oxygen atoms in total. The van der Waals surface area contributed by atoms with Crippen LogP contribution in [0.1, 0.15) is 36.9 Å². The van der Waals surface area contributed by atoms with E-state index in [9.17, 15) is 4.79 Å². The number of hydrogen-bond acceptors (Lipinski definition) is 3. The Morgan fingerprint density at radius 1 is 1.16 bits per heavy atom. The van der Waals surface area contributed by atoms with Crippen molar-refractivity contribution in [3.05, 3.63) is 35.5 Å². The third-order valence-corrected chi connectivity index (χ3v) is 5.28. The normalized spacial score (nSPS) is 16.2. The lowest BCUT2D eigenvalue weighted by Gasteiger charge is -2.19. The van der Waals surface area contributed by atoms with E-state index in [-0.39, 0.29) is 12.5 Å². The molecule has 1 amide bonds. The molecule has 0 aliphatic carbocycles. The van der Waals surface area contributed by atoms with E-state index in [1.54, 1.807) is 0 Å². The Morgan fingerprint density at radius 3 is 2.60 bits per heavy atom. The number of benzene rings is 1. The summed E-state index contributed by atoms with van der Waals surface area (Å²) in [6.07, 6.45) is 5.42. The molecule has 0 saturated carbocycles. The highest BCUT2D eigenvalue weighted by molar-refractivity contribution is 5.87. The number of hydrogen-bond donors (Lipinski definition) is 2. The molecule has 136 valence electrons. The first-order valence-electron chi connectivity index (χ1n) is 9.45. The fraction of sp³-hybridized carbons (Fsp3) is 0.550. The van der Waals surface area contributed by atoms with Crippen LogP contribution in [0.5, 0.6) is 0 Å². The van der Waals surface area contributed by atoms with Gasteiger partial charge in [0.05, 0.1) is 0 Å². The van der Waals surface area contributed by atoms with Crippen LogP contribution in [0.25, 0.3) is 10.9 Å². The largest absolute Gasteiger partial charge is 0.368 e. The van der Waals surface area contributed by atoms with Crippen LogP contribution in [0.3, 0.4) is 0 Å². The fourth-order valence-corrected chi connectivity index (χ4v) is 3.90. The van der Waals surface area contributed by atoms with Gasteiger partial charge in [-0.05, 0) is 44.5 Å². The monoisotopic (exact) mass is 342 g/mol. The number of nitrogens with zero attached hydrogens (tertiary/aromatic N) is 2. The Labute approximate surface area is 150 Å². The van der Waals surface area contributed by atoms with Gasteiger partial charge in [-0.15, -0.1) is 0 Å². The summed E-state index contributed by atoms with van der Waals surface area (Å²) in [5.41, 5.74) is 8.91. The Morgan fingerprint density at radius 2 is 1.88 bits per heavy atom. The lowest BCUT2D eigenvalue weighted by Crippen LogP contribution is -2.32. The molecule has 0 radical (unpaired) electrons. The summed E-state index contributed by atoms with van der Waals surface area (Å²) >= 11 is 0. The highest BCUT2D eigenvalue weighted by Crippen LogP contribution is 2.25. The predicted molar refractivity (Wildman–Crippen MR) is 102 cm³/mol. The van der Waals surface area contributed by atoms with Gasteiger partial charge in [0.1, 0.15) is 6.54 Å². The minimum Gasteiger partial charge on any atom is -0.368 e. The topological polar surface area (TPSA) is 63.3 Å². The standard InChI is InChI=1S/C20H30N4O/c1-16-18(14-22-10-13-23-11-6-2-3-7-12-23)17-8-4-5-9-19(17)24(16)15-20(21)25/h4-5,8-9,22H,2-3,6-7,10-15H2,1H3,(H2,21,25). The number of rotatable bonds is 7. The zero-order chi connectivity index (χ0) is 17.6. The number of primary amides is 1. The minimum absolute atomic E-state index is 0.236. The quantitative estimate of drug-likeness (QED) is 0.760. The van der Waals surface area contributed by atoms with Gasteiger partial charge in [0.2, 0.25) is 5.91 Å². The number of fused-ring (bicyclic) bond motifs is 1. The molecule has 1 aliphatic heterocycles. The van der Waals surface area contributed by atoms with Crippen LogP contribution in [0.4, 0.5) is 0 Å². The van der Waals surface area contributed by atoms with Crippen molar-refractivity contribution in [2.75, 3.05) is 26.2 Å². The van der Waals surface area contributed by atoms with E-state index >= 15 is 0 Å². The van der Waals surface area contributed by atoms with Gasteiger partial charge in [-0.25, -0.2) is 0 Å². The molecular formula is C20H30N4O. The summed E-state index contributed by atoms with van der Waals surface area (Å²) in [5.74, 6) is -0.301. The highest BCUT2D eigenvalue weighted by Gasteiger charge is 2.15. The SMILES string of the molecule is Cc1c(CNCCN2CCCCCC2)c2ccccc2n1CC(N)=O. The third-order valence-electron chi connectivity index (χ3n) is 5.28. The van der Waals surface area contributed by atoms with Crippen LogP contribution >= 0.6 is 0 Å². The molecule has 1 aromatic carbocycles. The first-order chi connectivity index (χ1) is 12.2. The van der Waals surface area contributed by atoms with E-state index in [0.717, 1.165) is 30.8 Å². The van der Waals surface area contributed by atoms with Crippen molar-refractivity contribution < 1.29 is 4.79 Å². The molecule has 2 heterocycles. The van der Waals surface area contributed by atoms with Crippen LogP contribution in [-0.4, -0.2) is 41.6 Å². The Bertz CT molecular complexity index is 714. The molecule has 3 N–H and O–H groups in total. The van der Waals surface area contributed by atoms with E-state index < -0.39 is 0 Å². The number of carbonyl (C=O) groups is 1. The van der Waals surface area contributed by atoms with Crippen molar-refractivity contribution in [2.24, 2.45) is 5.73 Å². The second-order valence-electron chi connectivity index (χ2n) is 7.07. The second-order valence-corrected chi connectivity index (χ2v) is 7.07. The zero-order valence-corrected chi connectivity index (χ0v) is 15.3. The fourth-order valence-electron chi connectivity index (χ4n) is 3.90. The first kappa shape index (κ1) is 18.0. The van der Waals surface area contributed by atoms with Gasteiger partial charge < -0.3 is 20.5 Å². The lowest BCUT2D eigenvalue weighted by atomic mass is 10.1. The number of aromatic nitrogens is 1. The van der Waals surface area contributed by atoms with Gasteiger partial charge in [0.15, 0.2) is 0 Å². The Hall–Kier alpha value is -1.85. The molecule has 1 aromatic heterocycles. The molecule has 3 rings (SSSR count). The number of carbonyl (C=O) groups excluding carboxylic acids is 1. The van der Waals surface area contributed by atoms with Crippen LogP contribution in [0, 0.1) is 6.92 Å². The highest BCUT2D eigenvalue weighted by atomic mass is 16.1. The molecule has 25 heavy (non-hydrogen) atoms. The second kappa shape index (κ2) is 8.50. The van der Waals surface area contributed by atoms with Gasteiger partial charge in [-0.2, -0.15) is 0 Å². The van der Waals surface area contributed by atoms with Crippen molar-refractivity contribution in [3.63, 3.8) is 0 Å². The Balaban J connectivity index is 1.64. The maximum atomic E-state index is 11.4. The summed E-state index contributed by atoms with van der Waals surface area (Å²) < 4.78 is 2.03. The predicted octanol–water partition coefficient (Wildman–Crippen LogP) is 2.40. The minimum atomic E-state index is -0.301. The summed E-state index contributed by atoms with van der Waals surface area (Å²) in [6.45, 7) is 7.71. The lowest BCUT2D eigenvalue weighted by molar-refractivity contribution is -0.118. The molecule has 0 spiro atoms. The van der Waals surface area contributed by atoms with Gasteiger partial charge in [0.25, 0.3) is 0 Å². The number of nitrogens with two attached hydrogens (primary N) is 1. The number of nitrogens with one attached hydrogen (secondary N) is 1. The molecule has 0 bridgehead atoms. The van der Waals surface area contributed by atoms with Crippen LogP contribution in [0.15, 0.2) is 24.3 Å². The van der Waals surface area contributed by atoms with Crippen molar-refractivity contribution in [3.8, 4) is 0 Å². The summed E-state index contributed by atoms with van der Waals surface area (Å²) in [7, 11) is 0. The van der Waals surface area contributed by atoms with Crippen molar-refractivity contribution >= 4 is 16.8 Å². The van der Waals surface area contributed by atoms with E-state index in [0.29, 0.717) is 0 Å². The molecule has 2 aromatic rings. The van der Waals surface area contributed by atoms with Gasteiger partial charge in [-0.3, -0.25) is 4.79 Å². The molecule has 0 unspecified atom stereocenters. The third kappa shape index (κ3) is 4.41. The van der Waals surface area contributed by atoms with Crippen LogP contribution in [0.2, 0.25) is 0 Å². The van der Waals surface area contributed by atoms with Crippen molar-refractivity contribution in [2.45, 2.75) is 45.7 Å². The van der Waals surface area contributed by atoms with E-state index in [1.807, 2.05) is 10.6 Å². The molecule has 5 heteroatoms. The smallest absolute Gasteiger partial charge is 0.237 e. The maximum Gasteiger partial charge on any atom is 0.237 e. The van der Waals surface area contributed by atoms with Crippen LogP contribution < -0.4 is 11.1 Å². The molecule has 1 aliphatic rings. The number of likely N-dealkylation sites (tertiary alicyclic amines) is 1. The Kier molecular flexibility index (Phi) is 6.10. The van der Waals surface area contributed by atoms with Gasteiger partial charge in [-0.1, -0.05) is 31.0 Å². The molecular weight excluding hydrogens is 312 g/mol. The molecule has 1 fully saturated rings. The summed E-state index contributed by atoms with van der Waals surface area (Å²) in [6, 6.07) is 8.25. The molecule has 1 saturated heterocycles. The maximum absolute atomic E-state index is 11.4. The first-order valence-corrected chi connectivity index (χ1v) is 9.45. The average molecular weight is 342 g/mol. The van der Waals surface area contributed by atoms with Gasteiger partial charge >= 0.3 is 0 Å². The van der Waals surface area contributed by atoms with Gasteiger partial charge in [0, 0.05) is 36.2 Å². The summed E-state index contributed by atoms with van der Waals surface area (Å²) in [5, 5.41) is 4.81. The van der Waals surface area contributed by atoms with E-state index in [4.69, 9.17) is 5.73 Å². The zero-order valence-electron chi connectivity index (χ0n) is 15.3. The number of amides is 1.